The summed E-state index contributed by atoms with van der Waals surface area (Å²) in [5.41, 5.74) is 6.86. The van der Waals surface area contributed by atoms with Crippen molar-refractivity contribution >= 4 is 39.9 Å². The number of nitrogen functional groups attached to an aromatic ring is 1. The molecular weight excluding hydrogens is 312 g/mol. The van der Waals surface area contributed by atoms with Crippen LogP contribution in [0.1, 0.15) is 15.9 Å². The second kappa shape index (κ2) is 6.64. The molecule has 1 heterocycles. The Kier molecular flexibility index (Phi) is 4.87. The number of carbonyl (C=O) groups is 1. The first-order chi connectivity index (χ1) is 10.1. The van der Waals surface area contributed by atoms with Crippen LogP contribution >= 0.6 is 23.1 Å². The summed E-state index contributed by atoms with van der Waals surface area (Å²) in [6.45, 7) is 0.397. The molecule has 0 fully saturated rings. The average molecular weight is 327 g/mol. The summed E-state index contributed by atoms with van der Waals surface area (Å²) in [5, 5.41) is 6.85. The molecule has 0 saturated carbocycles. The van der Waals surface area contributed by atoms with E-state index < -0.39 is 0 Å². The van der Waals surface area contributed by atoms with Crippen molar-refractivity contribution in [3.8, 4) is 5.75 Å². The molecule has 0 atom stereocenters. The van der Waals surface area contributed by atoms with Crippen molar-refractivity contribution in [3.63, 3.8) is 0 Å². The van der Waals surface area contributed by atoms with Gasteiger partial charge in [-0.05, 0) is 23.7 Å². The van der Waals surface area contributed by atoms with Crippen molar-refractivity contribution < 1.29 is 9.53 Å². The quantitative estimate of drug-likeness (QED) is 0.785. The number of carbonyl (C=O) groups excluding carboxylic acids is 1. The first kappa shape index (κ1) is 15.4. The number of halogens is 1. The third kappa shape index (κ3) is 3.20. The van der Waals surface area contributed by atoms with E-state index in [1.54, 1.807) is 20.2 Å². The van der Waals surface area contributed by atoms with Crippen molar-refractivity contribution in [2.24, 2.45) is 0 Å². The highest BCUT2D eigenvalue weighted by Crippen LogP contribution is 2.30. The molecule has 0 aliphatic carbocycles. The van der Waals surface area contributed by atoms with Crippen LogP contribution in [-0.2, 0) is 6.54 Å². The summed E-state index contributed by atoms with van der Waals surface area (Å²) < 4.78 is 9.27. The highest BCUT2D eigenvalue weighted by atomic mass is 35.5. The van der Waals surface area contributed by atoms with Crippen molar-refractivity contribution in [1.82, 2.24) is 9.69 Å². The van der Waals surface area contributed by atoms with Crippen molar-refractivity contribution in [1.29, 1.82) is 0 Å². The van der Waals surface area contributed by atoms with Crippen LogP contribution in [-0.4, -0.2) is 24.4 Å². The molecule has 2 rings (SSSR count). The van der Waals surface area contributed by atoms with E-state index in [1.165, 1.54) is 0 Å². The number of rotatable bonds is 5. The Morgan fingerprint density at radius 1 is 1.52 bits per heavy atom. The Morgan fingerprint density at radius 2 is 2.29 bits per heavy atom. The Hall–Kier alpha value is -1.99. The van der Waals surface area contributed by atoms with Gasteiger partial charge in [0.15, 0.2) is 5.82 Å². The van der Waals surface area contributed by atoms with Crippen LogP contribution in [0.2, 0.25) is 5.02 Å². The number of methoxy groups -OCH3 is 1. The van der Waals surface area contributed by atoms with Crippen LogP contribution in [0.3, 0.4) is 0 Å². The van der Waals surface area contributed by atoms with Crippen molar-refractivity contribution in [2.75, 3.05) is 25.2 Å². The fourth-order valence-electron chi connectivity index (χ4n) is 1.84. The molecule has 4 N–H and O–H groups in total. The topological polar surface area (TPSA) is 89.3 Å². The number of ether oxygens (including phenoxy) is 1. The zero-order valence-corrected chi connectivity index (χ0v) is 13.1. The van der Waals surface area contributed by atoms with Gasteiger partial charge in [0.2, 0.25) is 0 Å². The van der Waals surface area contributed by atoms with Gasteiger partial charge in [0.1, 0.15) is 16.3 Å². The highest BCUT2D eigenvalue weighted by molar-refractivity contribution is 7.11. The Bertz CT molecular complexity index is 660. The fraction of sp³-hybridized carbons (Fsp3) is 0.231. The van der Waals surface area contributed by atoms with E-state index in [0.29, 0.717) is 27.9 Å². The molecule has 0 spiro atoms. The van der Waals surface area contributed by atoms with E-state index in [1.807, 2.05) is 12.1 Å². The fourth-order valence-corrected chi connectivity index (χ4v) is 2.78. The van der Waals surface area contributed by atoms with Gasteiger partial charge in [0.05, 0.1) is 7.11 Å². The second-order valence-corrected chi connectivity index (χ2v) is 5.31. The summed E-state index contributed by atoms with van der Waals surface area (Å²) in [6.07, 6.45) is 0. The Morgan fingerprint density at radius 3 is 2.95 bits per heavy atom. The summed E-state index contributed by atoms with van der Waals surface area (Å²) in [5.74, 6) is 0.594. The summed E-state index contributed by atoms with van der Waals surface area (Å²) in [4.78, 5) is 11.8. The molecule has 1 amide bonds. The predicted octanol–water partition coefficient (Wildman–Crippen LogP) is 2.36. The molecular formula is C13H15ClN4O2S. The van der Waals surface area contributed by atoms with Crippen LogP contribution in [0, 0.1) is 0 Å². The maximum absolute atomic E-state index is 11.8. The zero-order chi connectivity index (χ0) is 15.4. The SMILES string of the molecule is CNC(=O)c1c(N)nsc1NCc1c(Cl)cccc1OC. The number of amides is 1. The minimum absolute atomic E-state index is 0.202. The number of anilines is 2. The lowest BCUT2D eigenvalue weighted by molar-refractivity contribution is 0.0965. The minimum atomic E-state index is -0.283. The molecule has 0 radical (unpaired) electrons. The van der Waals surface area contributed by atoms with Gasteiger partial charge in [0, 0.05) is 24.2 Å². The first-order valence-corrected chi connectivity index (χ1v) is 7.26. The van der Waals surface area contributed by atoms with Gasteiger partial charge in [-0.2, -0.15) is 4.37 Å². The van der Waals surface area contributed by atoms with E-state index in [2.05, 4.69) is 15.0 Å². The number of hydrogen-bond acceptors (Lipinski definition) is 6. The van der Waals surface area contributed by atoms with E-state index in [9.17, 15) is 4.79 Å². The Balaban J connectivity index is 2.24. The molecule has 0 unspecified atom stereocenters. The van der Waals surface area contributed by atoms with Gasteiger partial charge in [-0.25, -0.2) is 0 Å². The van der Waals surface area contributed by atoms with Crippen LogP contribution in [0.5, 0.6) is 5.75 Å². The Labute approximate surface area is 131 Å². The monoisotopic (exact) mass is 326 g/mol. The van der Waals surface area contributed by atoms with Gasteiger partial charge < -0.3 is 21.1 Å². The summed E-state index contributed by atoms with van der Waals surface area (Å²) in [7, 11) is 3.12. The summed E-state index contributed by atoms with van der Waals surface area (Å²) in [6, 6.07) is 5.41. The van der Waals surface area contributed by atoms with E-state index in [4.69, 9.17) is 22.1 Å². The standard InChI is InChI=1S/C13H15ClN4O2S/c1-16-12(19)10-11(15)18-21-13(10)17-6-7-8(14)4-3-5-9(7)20-2/h3-5,17H,6H2,1-2H3,(H2,15,18)(H,16,19). The third-order valence-electron chi connectivity index (χ3n) is 2.89. The number of hydrogen-bond donors (Lipinski definition) is 3. The molecule has 21 heavy (non-hydrogen) atoms. The third-order valence-corrected chi connectivity index (χ3v) is 4.07. The van der Waals surface area contributed by atoms with Crippen molar-refractivity contribution in [2.45, 2.75) is 6.54 Å². The highest BCUT2D eigenvalue weighted by Gasteiger charge is 2.18. The molecule has 8 heteroatoms. The van der Waals surface area contributed by atoms with Gasteiger partial charge >= 0.3 is 0 Å². The smallest absolute Gasteiger partial charge is 0.257 e. The number of nitrogens with one attached hydrogen (secondary N) is 2. The molecule has 6 nitrogen and oxygen atoms in total. The van der Waals surface area contributed by atoms with Crippen LogP contribution in [0.4, 0.5) is 10.8 Å². The minimum Gasteiger partial charge on any atom is -0.496 e. The summed E-state index contributed by atoms with van der Waals surface area (Å²) >= 11 is 7.30. The molecule has 1 aromatic carbocycles. The lowest BCUT2D eigenvalue weighted by Gasteiger charge is -2.11. The number of benzene rings is 1. The van der Waals surface area contributed by atoms with Crippen LogP contribution in [0.25, 0.3) is 0 Å². The predicted molar refractivity (Wildman–Crippen MR) is 85.2 cm³/mol. The molecule has 0 aliphatic rings. The van der Waals surface area contributed by atoms with Crippen LogP contribution < -0.4 is 21.1 Å². The number of nitrogens with zero attached hydrogens (tertiary/aromatic N) is 1. The van der Waals surface area contributed by atoms with Gasteiger partial charge in [-0.1, -0.05) is 17.7 Å². The molecule has 112 valence electrons. The van der Waals surface area contributed by atoms with Gasteiger partial charge in [-0.3, -0.25) is 4.79 Å². The molecule has 0 aliphatic heterocycles. The maximum Gasteiger partial charge on any atom is 0.257 e. The van der Waals surface area contributed by atoms with Gasteiger partial charge in [0.25, 0.3) is 5.91 Å². The van der Waals surface area contributed by atoms with Crippen LogP contribution in [0.15, 0.2) is 18.2 Å². The normalized spacial score (nSPS) is 10.2. The lowest BCUT2D eigenvalue weighted by Crippen LogP contribution is -2.20. The van der Waals surface area contributed by atoms with Crippen molar-refractivity contribution in [3.05, 3.63) is 34.3 Å². The van der Waals surface area contributed by atoms with Gasteiger partial charge in [-0.15, -0.1) is 0 Å². The molecule has 0 saturated heterocycles. The molecule has 0 bridgehead atoms. The number of aromatic nitrogens is 1. The van der Waals surface area contributed by atoms with E-state index >= 15 is 0 Å². The molecule has 1 aromatic heterocycles. The van der Waals surface area contributed by atoms with E-state index in [0.717, 1.165) is 17.1 Å². The number of nitrogens with two attached hydrogens (primary N) is 1. The lowest BCUT2D eigenvalue weighted by atomic mass is 10.2. The molecule has 2 aromatic rings. The van der Waals surface area contributed by atoms with E-state index in [-0.39, 0.29) is 11.7 Å². The first-order valence-electron chi connectivity index (χ1n) is 6.11. The average Bonchev–Trinajstić information content (AvgIpc) is 2.86. The largest absolute Gasteiger partial charge is 0.496 e. The maximum atomic E-state index is 11.8. The second-order valence-electron chi connectivity index (χ2n) is 4.13. The zero-order valence-electron chi connectivity index (χ0n) is 11.6.